The Morgan fingerprint density at radius 2 is 2.06 bits per heavy atom. The first-order valence-electron chi connectivity index (χ1n) is 5.74. The van der Waals surface area contributed by atoms with Gasteiger partial charge in [0.15, 0.2) is 0 Å². The predicted octanol–water partition coefficient (Wildman–Crippen LogP) is 3.93. The van der Waals surface area contributed by atoms with E-state index in [0.717, 1.165) is 15.7 Å². The SMILES string of the molecule is CC(C)n1nccc1C(N)c1cc(Br)ccc1Cl. The smallest absolute Gasteiger partial charge is 0.0738 e. The Morgan fingerprint density at radius 1 is 1.33 bits per heavy atom. The zero-order valence-corrected chi connectivity index (χ0v) is 12.6. The number of hydrogen-bond donors (Lipinski definition) is 1. The van der Waals surface area contributed by atoms with E-state index in [1.807, 2.05) is 28.9 Å². The second kappa shape index (κ2) is 5.43. The van der Waals surface area contributed by atoms with Crippen molar-refractivity contribution in [2.24, 2.45) is 5.73 Å². The van der Waals surface area contributed by atoms with Gasteiger partial charge >= 0.3 is 0 Å². The second-order valence-corrected chi connectivity index (χ2v) is 5.76. The molecule has 3 nitrogen and oxygen atoms in total. The van der Waals surface area contributed by atoms with E-state index in [1.54, 1.807) is 6.20 Å². The molecule has 0 saturated carbocycles. The normalized spacial score (nSPS) is 13.0. The molecule has 18 heavy (non-hydrogen) atoms. The number of hydrogen-bond acceptors (Lipinski definition) is 2. The standard InChI is InChI=1S/C13H15BrClN3/c1-8(2)18-12(5-6-17-18)13(16)10-7-9(14)3-4-11(10)15/h3-8,13H,16H2,1-2H3. The molecular formula is C13H15BrClN3. The lowest BCUT2D eigenvalue weighted by Gasteiger charge is -2.18. The molecule has 1 aromatic carbocycles. The molecule has 0 fully saturated rings. The second-order valence-electron chi connectivity index (χ2n) is 4.44. The van der Waals surface area contributed by atoms with Gasteiger partial charge in [-0.3, -0.25) is 4.68 Å². The Balaban J connectivity index is 2.44. The molecule has 1 unspecified atom stereocenters. The molecule has 0 saturated heterocycles. The molecule has 0 bridgehead atoms. The first-order chi connectivity index (χ1) is 8.50. The first kappa shape index (κ1) is 13.6. The Labute approximate surface area is 120 Å². The van der Waals surface area contributed by atoms with Crippen molar-refractivity contribution in [3.05, 3.63) is 51.2 Å². The lowest BCUT2D eigenvalue weighted by molar-refractivity contribution is 0.499. The molecule has 0 radical (unpaired) electrons. The van der Waals surface area contributed by atoms with Crippen LogP contribution in [0.1, 0.15) is 37.2 Å². The van der Waals surface area contributed by atoms with Crippen LogP contribution in [-0.4, -0.2) is 9.78 Å². The molecule has 2 aromatic rings. The van der Waals surface area contributed by atoms with Crippen molar-refractivity contribution < 1.29 is 0 Å². The summed E-state index contributed by atoms with van der Waals surface area (Å²) in [5.41, 5.74) is 8.16. The minimum Gasteiger partial charge on any atom is -0.319 e. The van der Waals surface area contributed by atoms with Crippen LogP contribution in [0.15, 0.2) is 34.9 Å². The van der Waals surface area contributed by atoms with Gasteiger partial charge in [0, 0.05) is 21.7 Å². The number of halogens is 2. The summed E-state index contributed by atoms with van der Waals surface area (Å²) in [7, 11) is 0. The lowest BCUT2D eigenvalue weighted by atomic mass is 10.0. The van der Waals surface area contributed by atoms with Crippen molar-refractivity contribution in [3.63, 3.8) is 0 Å². The van der Waals surface area contributed by atoms with Crippen LogP contribution < -0.4 is 5.73 Å². The molecule has 0 aliphatic carbocycles. The summed E-state index contributed by atoms with van der Waals surface area (Å²) in [6, 6.07) is 7.62. The minimum atomic E-state index is -0.278. The van der Waals surface area contributed by atoms with E-state index < -0.39 is 0 Å². The van der Waals surface area contributed by atoms with Gasteiger partial charge in [-0.25, -0.2) is 0 Å². The van der Waals surface area contributed by atoms with E-state index >= 15 is 0 Å². The Bertz CT molecular complexity index is 551. The van der Waals surface area contributed by atoms with Crippen LogP contribution in [-0.2, 0) is 0 Å². The lowest BCUT2D eigenvalue weighted by Crippen LogP contribution is -2.19. The highest BCUT2D eigenvalue weighted by Crippen LogP contribution is 2.29. The van der Waals surface area contributed by atoms with Gasteiger partial charge in [-0.15, -0.1) is 0 Å². The van der Waals surface area contributed by atoms with Crippen molar-refractivity contribution in [3.8, 4) is 0 Å². The Kier molecular flexibility index (Phi) is 4.10. The largest absolute Gasteiger partial charge is 0.319 e. The van der Waals surface area contributed by atoms with Gasteiger partial charge in [-0.05, 0) is 43.7 Å². The molecule has 5 heteroatoms. The van der Waals surface area contributed by atoms with Crippen LogP contribution >= 0.6 is 27.5 Å². The molecule has 2 rings (SSSR count). The van der Waals surface area contributed by atoms with Crippen molar-refractivity contribution in [2.45, 2.75) is 25.9 Å². The molecule has 0 amide bonds. The highest BCUT2D eigenvalue weighted by Gasteiger charge is 2.18. The molecule has 0 aliphatic rings. The average Bonchev–Trinajstić information content (AvgIpc) is 2.80. The van der Waals surface area contributed by atoms with Gasteiger partial charge in [0.05, 0.1) is 11.7 Å². The van der Waals surface area contributed by atoms with E-state index in [-0.39, 0.29) is 12.1 Å². The topological polar surface area (TPSA) is 43.8 Å². The van der Waals surface area contributed by atoms with Crippen LogP contribution in [0, 0.1) is 0 Å². The Hall–Kier alpha value is -0.840. The zero-order valence-electron chi connectivity index (χ0n) is 10.3. The summed E-state index contributed by atoms with van der Waals surface area (Å²) >= 11 is 9.65. The fourth-order valence-electron chi connectivity index (χ4n) is 1.91. The van der Waals surface area contributed by atoms with Crippen LogP contribution in [0.2, 0.25) is 5.02 Å². The number of benzene rings is 1. The summed E-state index contributed by atoms with van der Waals surface area (Å²) < 4.78 is 2.88. The summed E-state index contributed by atoms with van der Waals surface area (Å²) in [5.74, 6) is 0. The highest BCUT2D eigenvalue weighted by atomic mass is 79.9. The molecule has 0 aliphatic heterocycles. The predicted molar refractivity (Wildman–Crippen MR) is 77.8 cm³/mol. The zero-order chi connectivity index (χ0) is 13.3. The number of rotatable bonds is 3. The maximum absolute atomic E-state index is 6.30. The van der Waals surface area contributed by atoms with Gasteiger partial charge in [-0.2, -0.15) is 5.10 Å². The van der Waals surface area contributed by atoms with Gasteiger partial charge in [0.25, 0.3) is 0 Å². The van der Waals surface area contributed by atoms with Crippen molar-refractivity contribution in [1.29, 1.82) is 0 Å². The van der Waals surface area contributed by atoms with Crippen molar-refractivity contribution >= 4 is 27.5 Å². The van der Waals surface area contributed by atoms with Crippen LogP contribution in [0.5, 0.6) is 0 Å². The third-order valence-corrected chi connectivity index (χ3v) is 3.64. The van der Waals surface area contributed by atoms with E-state index in [2.05, 4.69) is 34.9 Å². The van der Waals surface area contributed by atoms with Crippen LogP contribution in [0.4, 0.5) is 0 Å². The third kappa shape index (κ3) is 2.60. The summed E-state index contributed by atoms with van der Waals surface area (Å²) in [5, 5.41) is 4.96. The molecule has 96 valence electrons. The number of nitrogens with zero attached hydrogens (tertiary/aromatic N) is 2. The van der Waals surface area contributed by atoms with Gasteiger partial charge in [-0.1, -0.05) is 27.5 Å². The molecule has 1 heterocycles. The van der Waals surface area contributed by atoms with Gasteiger partial charge < -0.3 is 5.73 Å². The van der Waals surface area contributed by atoms with Gasteiger partial charge in [0.1, 0.15) is 0 Å². The van der Waals surface area contributed by atoms with E-state index in [4.69, 9.17) is 17.3 Å². The van der Waals surface area contributed by atoms with E-state index in [9.17, 15) is 0 Å². The minimum absolute atomic E-state index is 0.270. The molecule has 1 atom stereocenters. The van der Waals surface area contributed by atoms with E-state index in [0.29, 0.717) is 5.02 Å². The molecule has 0 spiro atoms. The highest BCUT2D eigenvalue weighted by molar-refractivity contribution is 9.10. The maximum Gasteiger partial charge on any atom is 0.0738 e. The molecular weight excluding hydrogens is 314 g/mol. The maximum atomic E-state index is 6.30. The first-order valence-corrected chi connectivity index (χ1v) is 6.91. The fraction of sp³-hybridized carbons (Fsp3) is 0.308. The molecule has 1 aromatic heterocycles. The monoisotopic (exact) mass is 327 g/mol. The Morgan fingerprint density at radius 3 is 2.72 bits per heavy atom. The molecule has 2 N–H and O–H groups in total. The summed E-state index contributed by atoms with van der Waals surface area (Å²) in [6.07, 6.45) is 1.76. The van der Waals surface area contributed by atoms with Gasteiger partial charge in [0.2, 0.25) is 0 Å². The number of nitrogens with two attached hydrogens (primary N) is 1. The summed E-state index contributed by atoms with van der Waals surface area (Å²) in [4.78, 5) is 0. The average molecular weight is 329 g/mol. The summed E-state index contributed by atoms with van der Waals surface area (Å²) in [6.45, 7) is 4.15. The van der Waals surface area contributed by atoms with E-state index in [1.165, 1.54) is 0 Å². The van der Waals surface area contributed by atoms with Crippen LogP contribution in [0.25, 0.3) is 0 Å². The quantitative estimate of drug-likeness (QED) is 0.928. The van der Waals surface area contributed by atoms with Crippen LogP contribution in [0.3, 0.4) is 0 Å². The number of aromatic nitrogens is 2. The third-order valence-electron chi connectivity index (χ3n) is 2.80. The van der Waals surface area contributed by atoms with Crippen molar-refractivity contribution in [2.75, 3.05) is 0 Å². The fourth-order valence-corrected chi connectivity index (χ4v) is 2.53. The van der Waals surface area contributed by atoms with Crippen molar-refractivity contribution in [1.82, 2.24) is 9.78 Å².